The van der Waals surface area contributed by atoms with Gasteiger partial charge < -0.3 is 14.9 Å². The van der Waals surface area contributed by atoms with Crippen LogP contribution in [0.2, 0.25) is 0 Å². The zero-order chi connectivity index (χ0) is 22.9. The molecule has 0 radical (unpaired) electrons. The largest absolute Gasteiger partial charge is 0.507 e. The van der Waals surface area contributed by atoms with Crippen LogP contribution in [0.25, 0.3) is 17.3 Å². The molecule has 1 atom stereocenters. The molecule has 0 saturated carbocycles. The number of thiazole rings is 1. The Morgan fingerprint density at radius 3 is 2.50 bits per heavy atom. The van der Waals surface area contributed by atoms with Gasteiger partial charge in [0.2, 0.25) is 5.13 Å². The molecule has 0 fully saturated rings. The molecule has 2 N–H and O–H groups in total. The first-order valence-electron chi connectivity index (χ1n) is 9.44. The third-order valence-corrected chi connectivity index (χ3v) is 5.73. The molecular formula is C22H18F3N3O3S. The fourth-order valence-electron chi connectivity index (χ4n) is 3.16. The molecule has 0 saturated heterocycles. The van der Waals surface area contributed by atoms with Crippen LogP contribution in [0, 0.1) is 0 Å². The number of nitrogens with zero attached hydrogens (tertiary/aromatic N) is 3. The van der Waals surface area contributed by atoms with Gasteiger partial charge in [-0.25, -0.2) is 4.98 Å². The summed E-state index contributed by atoms with van der Waals surface area (Å²) in [7, 11) is 1.53. The molecule has 1 aliphatic heterocycles. The number of hydrazone groups is 1. The summed E-state index contributed by atoms with van der Waals surface area (Å²) >= 11 is 0.941. The Bertz CT molecular complexity index is 1170. The lowest BCUT2D eigenvalue weighted by molar-refractivity contribution is -0.254. The number of ether oxygens (including phenoxy) is 1. The smallest absolute Gasteiger partial charge is 0.438 e. The lowest BCUT2D eigenvalue weighted by Gasteiger charge is -2.32. The lowest BCUT2D eigenvalue weighted by atomic mass is 10.1. The molecule has 10 heteroatoms. The third kappa shape index (κ3) is 4.06. The number of benzene rings is 2. The van der Waals surface area contributed by atoms with Gasteiger partial charge in [-0.3, -0.25) is 0 Å². The molecular weight excluding hydrogens is 443 g/mol. The van der Waals surface area contributed by atoms with Crippen LogP contribution in [-0.4, -0.2) is 39.9 Å². The standard InChI is InChI=1S/C22H18F3N3O3S/c1-31-17-10-7-14(8-11-17)18-13-32-20(26-18)28-21(30,22(23,24)25)12-16(27-28)9-6-15-4-2-3-5-19(15)29/h2-11,13,29-30H,12H2,1H3. The normalized spacial score (nSPS) is 18.9. The quantitative estimate of drug-likeness (QED) is 0.556. The number of aromatic nitrogens is 1. The van der Waals surface area contributed by atoms with E-state index in [9.17, 15) is 23.4 Å². The summed E-state index contributed by atoms with van der Waals surface area (Å²) in [4.78, 5) is 4.27. The molecule has 4 rings (SSSR count). The maximum Gasteiger partial charge on any atom is 0.438 e. The van der Waals surface area contributed by atoms with Crippen molar-refractivity contribution in [3.05, 3.63) is 65.6 Å². The van der Waals surface area contributed by atoms with Gasteiger partial charge in [0.15, 0.2) is 0 Å². The van der Waals surface area contributed by atoms with Gasteiger partial charge in [0.05, 0.1) is 24.9 Å². The number of para-hydroxylation sites is 1. The fraction of sp³-hybridized carbons (Fsp3) is 0.182. The molecule has 166 valence electrons. The summed E-state index contributed by atoms with van der Waals surface area (Å²) in [6.45, 7) is 0. The molecule has 3 aromatic rings. The zero-order valence-corrected chi connectivity index (χ0v) is 17.6. The van der Waals surface area contributed by atoms with Gasteiger partial charge >= 0.3 is 6.18 Å². The van der Waals surface area contributed by atoms with E-state index in [-0.39, 0.29) is 16.6 Å². The fourth-order valence-corrected chi connectivity index (χ4v) is 4.01. The van der Waals surface area contributed by atoms with Gasteiger partial charge in [-0.1, -0.05) is 18.2 Å². The Morgan fingerprint density at radius 2 is 1.84 bits per heavy atom. The number of phenolic OH excluding ortho intramolecular Hbond substituents is 1. The highest BCUT2D eigenvalue weighted by Crippen LogP contribution is 2.44. The third-order valence-electron chi connectivity index (χ3n) is 4.91. The van der Waals surface area contributed by atoms with Crippen molar-refractivity contribution < 1.29 is 28.1 Å². The minimum Gasteiger partial charge on any atom is -0.507 e. The second-order valence-corrected chi connectivity index (χ2v) is 7.87. The number of hydrogen-bond acceptors (Lipinski definition) is 7. The van der Waals surface area contributed by atoms with E-state index in [1.807, 2.05) is 0 Å². The van der Waals surface area contributed by atoms with E-state index < -0.39 is 18.3 Å². The van der Waals surface area contributed by atoms with Crippen LogP contribution in [0.4, 0.5) is 18.3 Å². The van der Waals surface area contributed by atoms with E-state index in [1.54, 1.807) is 47.8 Å². The molecule has 0 spiro atoms. The first-order chi connectivity index (χ1) is 15.2. The van der Waals surface area contributed by atoms with Crippen LogP contribution in [0.15, 0.2) is 65.1 Å². The number of halogens is 3. The number of rotatable bonds is 5. The zero-order valence-electron chi connectivity index (χ0n) is 16.7. The molecule has 1 aliphatic rings. The lowest BCUT2D eigenvalue weighted by Crippen LogP contribution is -2.55. The Hall–Kier alpha value is -3.37. The van der Waals surface area contributed by atoms with Crippen LogP contribution in [-0.2, 0) is 0 Å². The number of aliphatic hydroxyl groups is 1. The van der Waals surface area contributed by atoms with Crippen LogP contribution >= 0.6 is 11.3 Å². The van der Waals surface area contributed by atoms with Crippen molar-refractivity contribution in [3.8, 4) is 22.8 Å². The van der Waals surface area contributed by atoms with Gasteiger partial charge in [-0.2, -0.15) is 23.3 Å². The molecule has 0 amide bonds. The Balaban J connectivity index is 1.66. The maximum absolute atomic E-state index is 13.8. The molecule has 1 aromatic heterocycles. The average Bonchev–Trinajstić information content (AvgIpc) is 3.38. The molecule has 6 nitrogen and oxygen atoms in total. The van der Waals surface area contributed by atoms with Crippen LogP contribution < -0.4 is 9.75 Å². The Kier molecular flexibility index (Phi) is 5.66. The molecule has 2 heterocycles. The predicted octanol–water partition coefficient (Wildman–Crippen LogP) is 5.05. The molecule has 1 unspecified atom stereocenters. The predicted molar refractivity (Wildman–Crippen MR) is 117 cm³/mol. The van der Waals surface area contributed by atoms with Crippen molar-refractivity contribution in [2.45, 2.75) is 18.3 Å². The summed E-state index contributed by atoms with van der Waals surface area (Å²) in [6, 6.07) is 13.3. The number of anilines is 1. The average molecular weight is 461 g/mol. The minimum atomic E-state index is -4.98. The van der Waals surface area contributed by atoms with Gasteiger partial charge in [-0.05, 0) is 42.5 Å². The van der Waals surface area contributed by atoms with E-state index in [2.05, 4.69) is 10.1 Å². The number of hydrogen-bond donors (Lipinski definition) is 2. The minimum absolute atomic E-state index is 0.00530. The van der Waals surface area contributed by atoms with Crippen molar-refractivity contribution in [2.24, 2.45) is 5.10 Å². The summed E-state index contributed by atoms with van der Waals surface area (Å²) in [5.74, 6) is 0.620. The molecule has 2 aromatic carbocycles. The van der Waals surface area contributed by atoms with Gasteiger partial charge in [-0.15, -0.1) is 11.3 Å². The van der Waals surface area contributed by atoms with Crippen molar-refractivity contribution >= 4 is 28.3 Å². The second-order valence-electron chi connectivity index (χ2n) is 7.03. The SMILES string of the molecule is COc1ccc(-c2csc(N3N=C(C=Cc4ccccc4O)CC3(O)C(F)(F)F)n2)cc1. The maximum atomic E-state index is 13.8. The van der Waals surface area contributed by atoms with E-state index in [0.717, 1.165) is 11.3 Å². The second kappa shape index (κ2) is 8.29. The Morgan fingerprint density at radius 1 is 1.12 bits per heavy atom. The molecule has 32 heavy (non-hydrogen) atoms. The highest BCUT2D eigenvalue weighted by molar-refractivity contribution is 7.14. The summed E-state index contributed by atoms with van der Waals surface area (Å²) in [5.41, 5.74) is -1.69. The highest BCUT2D eigenvalue weighted by Gasteiger charge is 2.62. The van der Waals surface area contributed by atoms with E-state index in [4.69, 9.17) is 4.74 Å². The molecule has 0 bridgehead atoms. The summed E-state index contributed by atoms with van der Waals surface area (Å²) < 4.78 is 46.6. The molecule has 0 aliphatic carbocycles. The van der Waals surface area contributed by atoms with Crippen LogP contribution in [0.3, 0.4) is 0 Å². The van der Waals surface area contributed by atoms with Crippen molar-refractivity contribution in [1.82, 2.24) is 4.98 Å². The number of alkyl halides is 3. The number of aromatic hydroxyl groups is 1. The van der Waals surface area contributed by atoms with Gasteiger partial charge in [0.25, 0.3) is 5.72 Å². The van der Waals surface area contributed by atoms with Crippen LogP contribution in [0.1, 0.15) is 12.0 Å². The van der Waals surface area contributed by atoms with Crippen molar-refractivity contribution in [1.29, 1.82) is 0 Å². The number of phenols is 1. The first kappa shape index (κ1) is 21.8. The summed E-state index contributed by atoms with van der Waals surface area (Å²) in [6.07, 6.45) is -2.98. The first-order valence-corrected chi connectivity index (χ1v) is 10.3. The van der Waals surface area contributed by atoms with Crippen molar-refractivity contribution in [2.75, 3.05) is 12.1 Å². The van der Waals surface area contributed by atoms with Crippen LogP contribution in [0.5, 0.6) is 11.5 Å². The van der Waals surface area contributed by atoms with Gasteiger partial charge in [0.1, 0.15) is 11.5 Å². The van der Waals surface area contributed by atoms with E-state index in [0.29, 0.717) is 27.6 Å². The number of methoxy groups -OCH3 is 1. The van der Waals surface area contributed by atoms with E-state index in [1.165, 1.54) is 25.3 Å². The van der Waals surface area contributed by atoms with Crippen molar-refractivity contribution in [3.63, 3.8) is 0 Å². The topological polar surface area (TPSA) is 78.2 Å². The summed E-state index contributed by atoms with van der Waals surface area (Å²) in [5, 5.41) is 26.4. The monoisotopic (exact) mass is 461 g/mol. The van der Waals surface area contributed by atoms with E-state index >= 15 is 0 Å². The highest BCUT2D eigenvalue weighted by atomic mass is 32.1. The van der Waals surface area contributed by atoms with Gasteiger partial charge in [0, 0.05) is 16.5 Å². The number of allylic oxidation sites excluding steroid dienone is 1. The Labute approximate surface area is 185 Å².